The highest BCUT2D eigenvalue weighted by Crippen LogP contribution is 2.24. The van der Waals surface area contributed by atoms with Crippen LogP contribution < -0.4 is 5.32 Å². The molecule has 0 amide bonds. The molecule has 0 unspecified atom stereocenters. The minimum absolute atomic E-state index is 0.254. The molecule has 0 saturated heterocycles. The zero-order valence-electron chi connectivity index (χ0n) is 8.74. The molecule has 0 aliphatic carbocycles. The molecule has 0 radical (unpaired) electrons. The molecule has 0 heterocycles. The second kappa shape index (κ2) is 4.62. The lowest BCUT2D eigenvalue weighted by Gasteiger charge is -2.09. The highest BCUT2D eigenvalue weighted by atomic mass is 19.1. The minimum atomic E-state index is -0.697. The van der Waals surface area contributed by atoms with Crippen molar-refractivity contribution in [3.05, 3.63) is 59.7 Å². The fourth-order valence-corrected chi connectivity index (χ4v) is 1.44. The molecule has 0 saturated carbocycles. The van der Waals surface area contributed by atoms with Crippen molar-refractivity contribution in [3.63, 3.8) is 0 Å². The van der Waals surface area contributed by atoms with E-state index in [2.05, 4.69) is 5.32 Å². The first kappa shape index (κ1) is 11.1. The zero-order chi connectivity index (χ0) is 12.3. The van der Waals surface area contributed by atoms with E-state index >= 15 is 0 Å². The quantitative estimate of drug-likeness (QED) is 0.855. The maximum absolute atomic E-state index is 13.4. The molecular formula is C13H8F2N2. The lowest BCUT2D eigenvalue weighted by molar-refractivity contribution is 0.591. The molecule has 0 bridgehead atoms. The van der Waals surface area contributed by atoms with Gasteiger partial charge in [-0.3, -0.25) is 0 Å². The lowest BCUT2D eigenvalue weighted by Crippen LogP contribution is -1.98. The predicted molar refractivity (Wildman–Crippen MR) is 60.8 cm³/mol. The third-order valence-corrected chi connectivity index (χ3v) is 2.27. The number of rotatable bonds is 2. The van der Waals surface area contributed by atoms with Gasteiger partial charge in [-0.25, -0.2) is 8.78 Å². The summed E-state index contributed by atoms with van der Waals surface area (Å²) < 4.78 is 26.8. The number of benzene rings is 2. The number of hydrogen-bond donors (Lipinski definition) is 1. The van der Waals surface area contributed by atoms with Gasteiger partial charge in [-0.1, -0.05) is 18.2 Å². The zero-order valence-corrected chi connectivity index (χ0v) is 8.74. The molecule has 0 aliphatic heterocycles. The Morgan fingerprint density at radius 3 is 2.24 bits per heavy atom. The average Bonchev–Trinajstić information content (AvgIpc) is 2.34. The number of nitriles is 1. The van der Waals surface area contributed by atoms with Crippen LogP contribution in [0.3, 0.4) is 0 Å². The van der Waals surface area contributed by atoms with E-state index in [0.717, 1.165) is 12.1 Å². The number of hydrogen-bond acceptors (Lipinski definition) is 2. The Morgan fingerprint density at radius 1 is 0.941 bits per heavy atom. The van der Waals surface area contributed by atoms with E-state index < -0.39 is 11.6 Å². The summed E-state index contributed by atoms with van der Waals surface area (Å²) in [5.41, 5.74) is 0.448. The van der Waals surface area contributed by atoms with E-state index in [1.807, 2.05) is 6.07 Å². The molecule has 17 heavy (non-hydrogen) atoms. The molecule has 0 spiro atoms. The van der Waals surface area contributed by atoms with Crippen molar-refractivity contribution in [1.29, 1.82) is 5.26 Å². The fourth-order valence-electron chi connectivity index (χ4n) is 1.44. The topological polar surface area (TPSA) is 35.8 Å². The highest BCUT2D eigenvalue weighted by Gasteiger charge is 2.09. The third kappa shape index (κ3) is 2.23. The maximum atomic E-state index is 13.4. The Labute approximate surface area is 97.1 Å². The molecule has 2 nitrogen and oxygen atoms in total. The first-order valence-electron chi connectivity index (χ1n) is 4.92. The van der Waals surface area contributed by atoms with Crippen LogP contribution in [0.25, 0.3) is 0 Å². The molecule has 0 aromatic heterocycles. The van der Waals surface area contributed by atoms with Gasteiger partial charge in [0.2, 0.25) is 0 Å². The summed E-state index contributed by atoms with van der Waals surface area (Å²) in [5, 5.41) is 11.4. The number of halogens is 2. The van der Waals surface area contributed by atoms with Crippen molar-refractivity contribution in [1.82, 2.24) is 0 Å². The normalized spacial score (nSPS) is 9.71. The summed E-state index contributed by atoms with van der Waals surface area (Å²) in [4.78, 5) is 0. The van der Waals surface area contributed by atoms with Gasteiger partial charge in [-0.2, -0.15) is 5.26 Å². The Bertz CT molecular complexity index is 568. The van der Waals surface area contributed by atoms with Crippen LogP contribution in [0.5, 0.6) is 0 Å². The van der Waals surface area contributed by atoms with Crippen molar-refractivity contribution in [3.8, 4) is 6.07 Å². The molecule has 84 valence electrons. The van der Waals surface area contributed by atoms with E-state index in [1.165, 1.54) is 6.07 Å². The monoisotopic (exact) mass is 230 g/mol. The van der Waals surface area contributed by atoms with E-state index in [1.54, 1.807) is 24.3 Å². The van der Waals surface area contributed by atoms with Crippen LogP contribution in [0.4, 0.5) is 20.2 Å². The van der Waals surface area contributed by atoms with E-state index in [9.17, 15) is 8.78 Å². The van der Waals surface area contributed by atoms with Gasteiger partial charge < -0.3 is 5.32 Å². The van der Waals surface area contributed by atoms with Crippen LogP contribution in [0, 0.1) is 23.0 Å². The summed E-state index contributed by atoms with van der Waals surface area (Å²) in [7, 11) is 0. The number of para-hydroxylation sites is 2. The average molecular weight is 230 g/mol. The summed E-state index contributed by atoms with van der Waals surface area (Å²) >= 11 is 0. The first-order chi connectivity index (χ1) is 8.22. The molecule has 0 aliphatic rings. The van der Waals surface area contributed by atoms with Gasteiger partial charge >= 0.3 is 0 Å². The molecule has 1 N–H and O–H groups in total. The predicted octanol–water partition coefficient (Wildman–Crippen LogP) is 3.58. The van der Waals surface area contributed by atoms with E-state index in [4.69, 9.17) is 5.26 Å². The largest absolute Gasteiger partial charge is 0.350 e. The minimum Gasteiger partial charge on any atom is -0.350 e. The van der Waals surface area contributed by atoms with Gasteiger partial charge in [0.05, 0.1) is 11.3 Å². The summed E-state index contributed by atoms with van der Waals surface area (Å²) in [6, 6.07) is 12.1. The van der Waals surface area contributed by atoms with Crippen LogP contribution in [0.15, 0.2) is 42.5 Å². The molecule has 2 aromatic rings. The number of nitrogens with zero attached hydrogens (tertiary/aromatic N) is 1. The van der Waals surface area contributed by atoms with Crippen molar-refractivity contribution >= 4 is 11.4 Å². The lowest BCUT2D eigenvalue weighted by atomic mass is 10.2. The summed E-state index contributed by atoms with van der Waals surface area (Å²) in [6.07, 6.45) is 0. The van der Waals surface area contributed by atoms with Gasteiger partial charge in [0.25, 0.3) is 0 Å². The van der Waals surface area contributed by atoms with Crippen molar-refractivity contribution < 1.29 is 8.78 Å². The molecule has 0 fully saturated rings. The Morgan fingerprint density at radius 2 is 1.59 bits per heavy atom. The fraction of sp³-hybridized carbons (Fsp3) is 0. The second-order valence-corrected chi connectivity index (χ2v) is 3.38. The van der Waals surface area contributed by atoms with Gasteiger partial charge in [0.15, 0.2) is 0 Å². The van der Waals surface area contributed by atoms with E-state index in [0.29, 0.717) is 11.3 Å². The van der Waals surface area contributed by atoms with Crippen molar-refractivity contribution in [2.24, 2.45) is 0 Å². The Hall–Kier alpha value is -2.41. The van der Waals surface area contributed by atoms with Crippen LogP contribution in [0.2, 0.25) is 0 Å². The molecule has 2 rings (SSSR count). The first-order valence-corrected chi connectivity index (χ1v) is 4.92. The van der Waals surface area contributed by atoms with Crippen LogP contribution >= 0.6 is 0 Å². The smallest absolute Gasteiger partial charge is 0.149 e. The maximum Gasteiger partial charge on any atom is 0.149 e. The van der Waals surface area contributed by atoms with Gasteiger partial charge in [0, 0.05) is 0 Å². The summed E-state index contributed by atoms with van der Waals surface area (Å²) in [6.45, 7) is 0. The van der Waals surface area contributed by atoms with Crippen LogP contribution in [-0.2, 0) is 0 Å². The second-order valence-electron chi connectivity index (χ2n) is 3.38. The highest BCUT2D eigenvalue weighted by molar-refractivity contribution is 5.67. The molecule has 2 aromatic carbocycles. The van der Waals surface area contributed by atoms with Gasteiger partial charge in [-0.15, -0.1) is 0 Å². The van der Waals surface area contributed by atoms with Crippen molar-refractivity contribution in [2.75, 3.05) is 5.32 Å². The molecule has 0 atom stereocenters. The van der Waals surface area contributed by atoms with Crippen LogP contribution in [0.1, 0.15) is 5.56 Å². The van der Waals surface area contributed by atoms with Crippen molar-refractivity contribution in [2.45, 2.75) is 0 Å². The third-order valence-electron chi connectivity index (χ3n) is 2.27. The summed E-state index contributed by atoms with van der Waals surface area (Å²) in [5.74, 6) is -1.39. The number of anilines is 2. The number of nitrogens with one attached hydrogen (secondary N) is 1. The Balaban J connectivity index is 2.42. The SMILES string of the molecule is N#Cc1ccccc1Nc1c(F)cccc1F. The van der Waals surface area contributed by atoms with Gasteiger partial charge in [-0.05, 0) is 24.3 Å². The standard InChI is InChI=1S/C13H8F2N2/c14-10-5-3-6-11(15)13(10)17-12-7-2-1-4-9(12)8-16/h1-7,17H. The molecule has 4 heteroatoms. The van der Waals surface area contributed by atoms with Gasteiger partial charge in [0.1, 0.15) is 23.4 Å². The Kier molecular flexibility index (Phi) is 3.01. The van der Waals surface area contributed by atoms with E-state index in [-0.39, 0.29) is 5.69 Å². The van der Waals surface area contributed by atoms with Crippen LogP contribution in [-0.4, -0.2) is 0 Å². The molecular weight excluding hydrogens is 222 g/mol.